The number of nitrogens with zero attached hydrogens (tertiary/aromatic N) is 3. The number of aryl methyl sites for hydroxylation is 1. The van der Waals surface area contributed by atoms with E-state index in [0.29, 0.717) is 13.0 Å². The molecule has 1 atom stereocenters. The van der Waals surface area contributed by atoms with Gasteiger partial charge in [-0.05, 0) is 0 Å². The second kappa shape index (κ2) is 4.29. The highest BCUT2D eigenvalue weighted by molar-refractivity contribution is 8.14. The molecule has 2 rings (SSSR count). The Hall–Kier alpha value is -1.30. The van der Waals surface area contributed by atoms with Gasteiger partial charge in [0.2, 0.25) is 5.91 Å². The van der Waals surface area contributed by atoms with Gasteiger partial charge in [0, 0.05) is 38.4 Å². The van der Waals surface area contributed by atoms with Gasteiger partial charge in [0.25, 0.3) is 0 Å². The van der Waals surface area contributed by atoms with Crippen molar-refractivity contribution in [2.45, 2.75) is 18.6 Å². The second-order valence-corrected chi connectivity index (χ2v) is 5.29. The van der Waals surface area contributed by atoms with Gasteiger partial charge < -0.3 is 4.90 Å². The van der Waals surface area contributed by atoms with Crippen molar-refractivity contribution in [2.75, 3.05) is 11.4 Å². The van der Waals surface area contributed by atoms with Crippen LogP contribution < -0.4 is 4.90 Å². The highest BCUT2D eigenvalue weighted by Crippen LogP contribution is 2.27. The topological polar surface area (TPSA) is 55.2 Å². The lowest BCUT2D eigenvalue weighted by Crippen LogP contribution is -2.24. The summed E-state index contributed by atoms with van der Waals surface area (Å²) in [6.45, 7) is 2.12. The molecule has 0 aromatic carbocycles. The largest absolute Gasteiger partial charge is 0.308 e. The summed E-state index contributed by atoms with van der Waals surface area (Å²) in [7, 11) is 1.81. The number of hydrogen-bond donors (Lipinski definition) is 0. The van der Waals surface area contributed by atoms with Gasteiger partial charge in [-0.3, -0.25) is 14.3 Å². The van der Waals surface area contributed by atoms with E-state index in [1.807, 2.05) is 7.05 Å². The van der Waals surface area contributed by atoms with Crippen molar-refractivity contribution < 1.29 is 9.59 Å². The first-order valence-corrected chi connectivity index (χ1v) is 5.90. The number of rotatable bonds is 2. The molecule has 0 N–H and O–H groups in total. The third-order valence-electron chi connectivity index (χ3n) is 2.43. The first-order chi connectivity index (χ1) is 7.56. The zero-order valence-electron chi connectivity index (χ0n) is 9.21. The van der Waals surface area contributed by atoms with Gasteiger partial charge in [-0.25, -0.2) is 0 Å². The van der Waals surface area contributed by atoms with Crippen LogP contribution in [0.1, 0.15) is 13.3 Å². The molecule has 1 aliphatic rings. The van der Waals surface area contributed by atoms with E-state index in [9.17, 15) is 9.59 Å². The van der Waals surface area contributed by atoms with Crippen LogP contribution in [0.5, 0.6) is 0 Å². The van der Waals surface area contributed by atoms with Crippen LogP contribution in [-0.4, -0.2) is 32.6 Å². The summed E-state index contributed by atoms with van der Waals surface area (Å²) in [5, 5.41) is 4.17. The molecule has 1 unspecified atom stereocenters. The fourth-order valence-electron chi connectivity index (χ4n) is 1.79. The molecule has 2 heterocycles. The average Bonchev–Trinajstić information content (AvgIpc) is 2.72. The maximum absolute atomic E-state index is 11.7. The van der Waals surface area contributed by atoms with Crippen molar-refractivity contribution >= 4 is 28.5 Å². The van der Waals surface area contributed by atoms with Gasteiger partial charge in [0.05, 0.1) is 11.9 Å². The Morgan fingerprint density at radius 2 is 2.38 bits per heavy atom. The first-order valence-electron chi connectivity index (χ1n) is 5.02. The average molecular weight is 239 g/mol. The number of aromatic nitrogens is 2. The van der Waals surface area contributed by atoms with Crippen LogP contribution in [0.25, 0.3) is 0 Å². The molecular formula is C10H13N3O2S. The molecule has 1 amide bonds. The van der Waals surface area contributed by atoms with Gasteiger partial charge >= 0.3 is 0 Å². The number of carbonyl (C=O) groups excluding carboxylic acids is 2. The number of hydrogen-bond acceptors (Lipinski definition) is 4. The molecule has 16 heavy (non-hydrogen) atoms. The normalized spacial score (nSPS) is 20.5. The van der Waals surface area contributed by atoms with E-state index in [1.54, 1.807) is 22.0 Å². The molecule has 1 fully saturated rings. The Morgan fingerprint density at radius 1 is 1.62 bits per heavy atom. The molecule has 1 aromatic heterocycles. The highest BCUT2D eigenvalue weighted by Gasteiger charge is 2.32. The Balaban J connectivity index is 2.08. The second-order valence-electron chi connectivity index (χ2n) is 3.81. The van der Waals surface area contributed by atoms with Gasteiger partial charge in [0.15, 0.2) is 5.12 Å². The van der Waals surface area contributed by atoms with Crippen molar-refractivity contribution in [1.29, 1.82) is 0 Å². The summed E-state index contributed by atoms with van der Waals surface area (Å²) >= 11 is 1.24. The monoisotopic (exact) mass is 239 g/mol. The van der Waals surface area contributed by atoms with E-state index in [4.69, 9.17) is 0 Å². The van der Waals surface area contributed by atoms with Gasteiger partial charge in [-0.15, -0.1) is 0 Å². The van der Waals surface area contributed by atoms with Crippen LogP contribution >= 0.6 is 11.8 Å². The zero-order valence-corrected chi connectivity index (χ0v) is 10.0. The van der Waals surface area contributed by atoms with Gasteiger partial charge in [-0.2, -0.15) is 5.10 Å². The molecule has 0 spiro atoms. The molecule has 86 valence electrons. The lowest BCUT2D eigenvalue weighted by molar-refractivity contribution is -0.117. The lowest BCUT2D eigenvalue weighted by Gasteiger charge is -2.13. The molecular weight excluding hydrogens is 226 g/mol. The minimum atomic E-state index is 0.0610. The molecule has 0 radical (unpaired) electrons. The molecule has 1 aromatic rings. The van der Waals surface area contributed by atoms with E-state index >= 15 is 0 Å². The quantitative estimate of drug-likeness (QED) is 0.766. The van der Waals surface area contributed by atoms with Crippen LogP contribution in [0.3, 0.4) is 0 Å². The molecule has 0 bridgehead atoms. The number of carbonyl (C=O) groups is 2. The SMILES string of the molecule is CC(=O)SC1CC(=O)N(c2cnn(C)c2)C1. The molecule has 1 aliphatic heterocycles. The molecule has 6 heteroatoms. The van der Waals surface area contributed by atoms with Crippen molar-refractivity contribution in [3.63, 3.8) is 0 Å². The summed E-state index contributed by atoms with van der Waals surface area (Å²) in [5.74, 6) is 0.0618. The highest BCUT2D eigenvalue weighted by atomic mass is 32.2. The maximum Gasteiger partial charge on any atom is 0.228 e. The Bertz CT molecular complexity index is 429. The lowest BCUT2D eigenvalue weighted by atomic mass is 10.4. The first kappa shape index (κ1) is 11.2. The summed E-state index contributed by atoms with van der Waals surface area (Å²) in [5.41, 5.74) is 0.805. The number of amides is 1. The van der Waals surface area contributed by atoms with E-state index in [1.165, 1.54) is 18.7 Å². The third kappa shape index (κ3) is 2.27. The van der Waals surface area contributed by atoms with Crippen LogP contribution in [-0.2, 0) is 16.6 Å². The predicted molar refractivity (Wildman–Crippen MR) is 62.2 cm³/mol. The van der Waals surface area contributed by atoms with E-state index in [-0.39, 0.29) is 16.3 Å². The fourth-order valence-corrected chi connectivity index (χ4v) is 2.70. The molecule has 5 nitrogen and oxygen atoms in total. The summed E-state index contributed by atoms with van der Waals surface area (Å²) in [4.78, 5) is 24.4. The van der Waals surface area contributed by atoms with E-state index < -0.39 is 0 Å². The summed E-state index contributed by atoms with van der Waals surface area (Å²) < 4.78 is 1.66. The molecule has 1 saturated heterocycles. The van der Waals surface area contributed by atoms with Crippen molar-refractivity contribution in [3.05, 3.63) is 12.4 Å². The summed E-state index contributed by atoms with van der Waals surface area (Å²) in [6, 6.07) is 0. The molecule has 0 aliphatic carbocycles. The van der Waals surface area contributed by atoms with Crippen LogP contribution in [0, 0.1) is 0 Å². The van der Waals surface area contributed by atoms with Crippen LogP contribution in [0.4, 0.5) is 5.69 Å². The summed E-state index contributed by atoms with van der Waals surface area (Å²) in [6.07, 6.45) is 3.90. The van der Waals surface area contributed by atoms with Gasteiger partial charge in [-0.1, -0.05) is 11.8 Å². The predicted octanol–water partition coefficient (Wildman–Crippen LogP) is 0.805. The standard InChI is InChI=1S/C10H13N3O2S/c1-7(14)16-9-3-10(15)13(6-9)8-4-11-12(2)5-8/h4-5,9H,3,6H2,1-2H3. The Kier molecular flexibility index (Phi) is 3.00. The van der Waals surface area contributed by atoms with Crippen molar-refractivity contribution in [2.24, 2.45) is 7.05 Å². The van der Waals surface area contributed by atoms with E-state index in [0.717, 1.165) is 5.69 Å². The number of thioether (sulfide) groups is 1. The molecule has 0 saturated carbocycles. The van der Waals surface area contributed by atoms with Crippen molar-refractivity contribution in [1.82, 2.24) is 9.78 Å². The van der Waals surface area contributed by atoms with E-state index in [2.05, 4.69) is 5.10 Å². The van der Waals surface area contributed by atoms with Crippen LogP contribution in [0.15, 0.2) is 12.4 Å². The van der Waals surface area contributed by atoms with Crippen LogP contribution in [0.2, 0.25) is 0 Å². The Labute approximate surface area is 97.8 Å². The number of anilines is 1. The Morgan fingerprint density at radius 3 is 2.94 bits per heavy atom. The minimum Gasteiger partial charge on any atom is -0.308 e. The maximum atomic E-state index is 11.7. The fraction of sp³-hybridized carbons (Fsp3) is 0.500. The van der Waals surface area contributed by atoms with Crippen molar-refractivity contribution in [3.8, 4) is 0 Å². The third-order valence-corrected chi connectivity index (χ3v) is 3.41. The van der Waals surface area contributed by atoms with Gasteiger partial charge in [0.1, 0.15) is 0 Å². The minimum absolute atomic E-state index is 0.0610. The zero-order chi connectivity index (χ0) is 11.7. The smallest absolute Gasteiger partial charge is 0.228 e.